The molecule has 0 fully saturated rings. The molecule has 1 heterocycles. The van der Waals surface area contributed by atoms with E-state index in [9.17, 15) is 27.3 Å². The van der Waals surface area contributed by atoms with E-state index in [1.807, 2.05) is 0 Å². The zero-order chi connectivity index (χ0) is 18.8. The molecule has 2 rings (SSSR count). The van der Waals surface area contributed by atoms with Crippen LogP contribution < -0.4 is 4.74 Å². The van der Waals surface area contributed by atoms with E-state index < -0.39 is 38.6 Å². The Bertz CT molecular complexity index is 884. The minimum absolute atomic E-state index is 0.102. The minimum Gasteiger partial charge on any atom is -0.495 e. The molecule has 136 valence electrons. The summed E-state index contributed by atoms with van der Waals surface area (Å²) < 4.78 is 57.3. The van der Waals surface area contributed by atoms with Gasteiger partial charge in [0.25, 0.3) is 5.69 Å². The van der Waals surface area contributed by atoms with E-state index in [0.29, 0.717) is 4.57 Å². The third kappa shape index (κ3) is 3.74. The van der Waals surface area contributed by atoms with Crippen LogP contribution in [0.1, 0.15) is 12.4 Å². The molecule has 0 amide bonds. The van der Waals surface area contributed by atoms with E-state index in [4.69, 9.17) is 4.74 Å². The van der Waals surface area contributed by atoms with Crippen LogP contribution >= 0.6 is 0 Å². The Hall–Kier alpha value is -2.60. The van der Waals surface area contributed by atoms with Crippen molar-refractivity contribution in [3.63, 3.8) is 0 Å². The molecule has 0 aliphatic heterocycles. The molecule has 1 aromatic heterocycles. The van der Waals surface area contributed by atoms with E-state index >= 15 is 0 Å². The summed E-state index contributed by atoms with van der Waals surface area (Å²) in [7, 11) is -1.89. The van der Waals surface area contributed by atoms with Crippen LogP contribution in [0.15, 0.2) is 35.5 Å². The first kappa shape index (κ1) is 18.7. The van der Waals surface area contributed by atoms with Gasteiger partial charge in [0.05, 0.1) is 18.6 Å². The highest BCUT2D eigenvalue weighted by Crippen LogP contribution is 2.30. The number of halogens is 2. The molecule has 0 bridgehead atoms. The van der Waals surface area contributed by atoms with E-state index in [1.54, 1.807) is 0 Å². The zero-order valence-corrected chi connectivity index (χ0v) is 14.0. The van der Waals surface area contributed by atoms with Gasteiger partial charge < -0.3 is 4.74 Å². The SMILES string of the molecule is COc1ccc([N+](=O)[O-])cc1S(=O)(=O)N(C)Cc1nccn1C(F)F. The number of ether oxygens (including phenoxy) is 1. The summed E-state index contributed by atoms with van der Waals surface area (Å²) in [5.74, 6) is -0.278. The van der Waals surface area contributed by atoms with E-state index in [2.05, 4.69) is 4.98 Å². The fourth-order valence-electron chi connectivity index (χ4n) is 2.08. The standard InChI is InChI=1S/C13H14F2N4O5S/c1-17(8-12-16-5-6-18(12)13(14)15)25(22,23)11-7-9(19(20)21)3-4-10(11)24-2/h3-7,13H,8H2,1-2H3. The monoisotopic (exact) mass is 376 g/mol. The van der Waals surface area contributed by atoms with Crippen molar-refractivity contribution < 1.29 is 26.9 Å². The number of nitrogens with zero attached hydrogens (tertiary/aromatic N) is 4. The average molecular weight is 376 g/mol. The maximum absolute atomic E-state index is 12.9. The van der Waals surface area contributed by atoms with Crippen molar-refractivity contribution in [3.05, 3.63) is 46.5 Å². The Morgan fingerprint density at radius 2 is 2.12 bits per heavy atom. The normalized spacial score (nSPS) is 11.9. The molecule has 12 heteroatoms. The first-order valence-corrected chi connectivity index (χ1v) is 8.21. The van der Waals surface area contributed by atoms with E-state index in [-0.39, 0.29) is 11.6 Å². The second kappa shape index (κ2) is 7.11. The molecule has 0 saturated heterocycles. The molecule has 2 aromatic rings. The molecule has 25 heavy (non-hydrogen) atoms. The lowest BCUT2D eigenvalue weighted by atomic mass is 10.3. The molecule has 0 aliphatic rings. The molecule has 0 unspecified atom stereocenters. The number of hydrogen-bond acceptors (Lipinski definition) is 6. The van der Waals surface area contributed by atoms with Crippen molar-refractivity contribution in [1.82, 2.24) is 13.9 Å². The summed E-state index contributed by atoms with van der Waals surface area (Å²) in [4.78, 5) is 13.4. The second-order valence-electron chi connectivity index (χ2n) is 4.88. The number of methoxy groups -OCH3 is 1. The quantitative estimate of drug-likeness (QED) is 0.540. The van der Waals surface area contributed by atoms with Crippen LogP contribution in [0.5, 0.6) is 5.75 Å². The minimum atomic E-state index is -4.25. The van der Waals surface area contributed by atoms with Gasteiger partial charge in [-0.15, -0.1) is 0 Å². The Labute approximate surface area is 141 Å². The molecule has 0 N–H and O–H groups in total. The molecule has 0 radical (unpaired) electrons. The van der Waals surface area contributed by atoms with Crippen molar-refractivity contribution in [2.75, 3.05) is 14.2 Å². The van der Waals surface area contributed by atoms with Gasteiger partial charge in [0.2, 0.25) is 10.0 Å². The summed E-state index contributed by atoms with van der Waals surface area (Å²) in [6.45, 7) is -3.33. The van der Waals surface area contributed by atoms with Crippen LogP contribution in [-0.4, -0.2) is 41.4 Å². The molecular weight excluding hydrogens is 362 g/mol. The molecule has 1 aromatic carbocycles. The summed E-state index contributed by atoms with van der Waals surface area (Å²) >= 11 is 0. The largest absolute Gasteiger partial charge is 0.495 e. The van der Waals surface area contributed by atoms with Gasteiger partial charge in [-0.1, -0.05) is 0 Å². The number of nitro benzene ring substituents is 1. The van der Waals surface area contributed by atoms with Crippen molar-refractivity contribution in [1.29, 1.82) is 0 Å². The lowest BCUT2D eigenvalue weighted by Gasteiger charge is -2.19. The van der Waals surface area contributed by atoms with Crippen LogP contribution in [0.3, 0.4) is 0 Å². The maximum Gasteiger partial charge on any atom is 0.319 e. The Morgan fingerprint density at radius 3 is 2.68 bits per heavy atom. The van der Waals surface area contributed by atoms with E-state index in [0.717, 1.165) is 41.9 Å². The van der Waals surface area contributed by atoms with Gasteiger partial charge in [-0.25, -0.2) is 13.4 Å². The van der Waals surface area contributed by atoms with Gasteiger partial charge in [0, 0.05) is 31.6 Å². The Kier molecular flexibility index (Phi) is 5.33. The van der Waals surface area contributed by atoms with Gasteiger partial charge in [-0.05, 0) is 6.07 Å². The second-order valence-corrected chi connectivity index (χ2v) is 6.90. The summed E-state index contributed by atoms with van der Waals surface area (Å²) in [6.07, 6.45) is 2.14. The lowest BCUT2D eigenvalue weighted by Crippen LogP contribution is -2.28. The number of sulfonamides is 1. The first-order chi connectivity index (χ1) is 11.7. The molecular formula is C13H14F2N4O5S. The summed E-state index contributed by atoms with van der Waals surface area (Å²) in [5.41, 5.74) is -0.443. The lowest BCUT2D eigenvalue weighted by molar-refractivity contribution is -0.385. The first-order valence-electron chi connectivity index (χ1n) is 6.77. The highest BCUT2D eigenvalue weighted by atomic mass is 32.2. The number of alkyl halides is 2. The highest BCUT2D eigenvalue weighted by molar-refractivity contribution is 7.89. The van der Waals surface area contributed by atoms with Gasteiger partial charge >= 0.3 is 6.55 Å². The Balaban J connectivity index is 2.42. The van der Waals surface area contributed by atoms with Crippen LogP contribution in [0.2, 0.25) is 0 Å². The third-order valence-electron chi connectivity index (χ3n) is 3.37. The van der Waals surface area contributed by atoms with Crippen LogP contribution in [-0.2, 0) is 16.6 Å². The molecule has 0 spiro atoms. The number of rotatable bonds is 7. The molecule has 0 atom stereocenters. The molecule has 0 saturated carbocycles. The summed E-state index contributed by atoms with van der Waals surface area (Å²) in [6, 6.07) is 3.10. The topological polar surface area (TPSA) is 108 Å². The van der Waals surface area contributed by atoms with Gasteiger partial charge in [-0.2, -0.15) is 13.1 Å². The van der Waals surface area contributed by atoms with Crippen molar-refractivity contribution in [3.8, 4) is 5.75 Å². The fraction of sp³-hybridized carbons (Fsp3) is 0.308. The number of aromatic nitrogens is 2. The van der Waals surface area contributed by atoms with Crippen molar-refractivity contribution in [2.45, 2.75) is 18.0 Å². The van der Waals surface area contributed by atoms with Crippen molar-refractivity contribution >= 4 is 15.7 Å². The van der Waals surface area contributed by atoms with Gasteiger partial charge in [0.15, 0.2) is 0 Å². The van der Waals surface area contributed by atoms with Crippen molar-refractivity contribution in [2.24, 2.45) is 0 Å². The molecule has 9 nitrogen and oxygen atoms in total. The van der Waals surface area contributed by atoms with Gasteiger partial charge in [0.1, 0.15) is 16.5 Å². The zero-order valence-electron chi connectivity index (χ0n) is 13.2. The average Bonchev–Trinajstić information content (AvgIpc) is 3.02. The number of benzene rings is 1. The maximum atomic E-state index is 12.9. The third-order valence-corrected chi connectivity index (χ3v) is 5.19. The number of hydrogen-bond donors (Lipinski definition) is 0. The predicted molar refractivity (Wildman–Crippen MR) is 81.8 cm³/mol. The predicted octanol–water partition coefficient (Wildman–Crippen LogP) is 2.02. The number of nitro groups is 1. The number of imidazole rings is 1. The van der Waals surface area contributed by atoms with Gasteiger partial charge in [-0.3, -0.25) is 14.7 Å². The van der Waals surface area contributed by atoms with Crippen LogP contribution in [0, 0.1) is 10.1 Å². The van der Waals surface area contributed by atoms with Crippen LogP contribution in [0.4, 0.5) is 14.5 Å². The molecule has 0 aliphatic carbocycles. The fourth-order valence-corrected chi connectivity index (χ4v) is 3.37. The van der Waals surface area contributed by atoms with E-state index in [1.165, 1.54) is 7.11 Å². The highest BCUT2D eigenvalue weighted by Gasteiger charge is 2.28. The Morgan fingerprint density at radius 1 is 1.44 bits per heavy atom. The smallest absolute Gasteiger partial charge is 0.319 e. The number of non-ortho nitro benzene ring substituents is 1. The van der Waals surface area contributed by atoms with Crippen LogP contribution in [0.25, 0.3) is 0 Å². The summed E-state index contributed by atoms with van der Waals surface area (Å²) in [5, 5.41) is 10.9.